The van der Waals surface area contributed by atoms with Crippen LogP contribution < -0.4 is 5.73 Å². The Hall–Kier alpha value is -1.75. The maximum absolute atomic E-state index is 6.17. The molecule has 0 amide bonds. The van der Waals surface area contributed by atoms with Crippen molar-refractivity contribution in [3.8, 4) is 0 Å². The first-order valence-corrected chi connectivity index (χ1v) is 6.67. The first-order chi connectivity index (χ1) is 9.18. The second-order valence-electron chi connectivity index (χ2n) is 5.43. The minimum absolute atomic E-state index is 0.107. The van der Waals surface area contributed by atoms with Crippen LogP contribution in [-0.4, -0.2) is 21.2 Å². The lowest BCUT2D eigenvalue weighted by Gasteiger charge is -2.23. The van der Waals surface area contributed by atoms with E-state index in [9.17, 15) is 0 Å². The molecule has 5 nitrogen and oxygen atoms in total. The third-order valence-electron chi connectivity index (χ3n) is 4.05. The third kappa shape index (κ3) is 2.26. The van der Waals surface area contributed by atoms with E-state index in [-0.39, 0.29) is 11.5 Å². The lowest BCUT2D eigenvalue weighted by molar-refractivity contribution is 0.276. The highest BCUT2D eigenvalue weighted by Crippen LogP contribution is 2.38. The molecule has 0 aliphatic heterocycles. The molecule has 2 aromatic rings. The van der Waals surface area contributed by atoms with Crippen molar-refractivity contribution in [2.45, 2.75) is 44.1 Å². The lowest BCUT2D eigenvalue weighted by atomic mass is 9.85. The molecule has 0 spiro atoms. The van der Waals surface area contributed by atoms with Crippen LogP contribution >= 0.6 is 0 Å². The van der Waals surface area contributed by atoms with E-state index in [4.69, 9.17) is 10.3 Å². The van der Waals surface area contributed by atoms with Crippen LogP contribution in [0, 0.1) is 0 Å². The first kappa shape index (κ1) is 12.3. The molecule has 0 radical (unpaired) electrons. The Morgan fingerprint density at radius 3 is 3.05 bits per heavy atom. The Labute approximate surface area is 112 Å². The summed E-state index contributed by atoms with van der Waals surface area (Å²) in [6.45, 7) is 2.11. The van der Waals surface area contributed by atoms with Gasteiger partial charge in [0.2, 0.25) is 5.89 Å². The fraction of sp³-hybridized carbons (Fsp3) is 0.500. The van der Waals surface area contributed by atoms with Crippen molar-refractivity contribution in [2.24, 2.45) is 5.73 Å². The highest BCUT2D eigenvalue weighted by atomic mass is 16.5. The number of hydrogen-bond acceptors (Lipinski definition) is 5. The van der Waals surface area contributed by atoms with Crippen LogP contribution in [0.1, 0.15) is 43.6 Å². The highest BCUT2D eigenvalue weighted by molar-refractivity contribution is 5.14. The molecule has 1 fully saturated rings. The quantitative estimate of drug-likeness (QED) is 0.908. The second kappa shape index (κ2) is 4.74. The maximum atomic E-state index is 6.17. The van der Waals surface area contributed by atoms with Gasteiger partial charge in [-0.05, 0) is 31.9 Å². The van der Waals surface area contributed by atoms with Crippen molar-refractivity contribution < 1.29 is 4.52 Å². The largest absolute Gasteiger partial charge is 0.339 e. The molecule has 5 heteroatoms. The molecule has 2 unspecified atom stereocenters. The van der Waals surface area contributed by atoms with E-state index in [1.54, 1.807) is 6.20 Å². The molecule has 2 N–H and O–H groups in total. The predicted octanol–water partition coefficient (Wildman–Crippen LogP) is 1.82. The average molecular weight is 258 g/mol. The first-order valence-electron chi connectivity index (χ1n) is 6.67. The van der Waals surface area contributed by atoms with Crippen LogP contribution in [0.3, 0.4) is 0 Å². The molecule has 0 saturated heterocycles. The Morgan fingerprint density at radius 2 is 2.37 bits per heavy atom. The Morgan fingerprint density at radius 1 is 1.47 bits per heavy atom. The number of pyridine rings is 1. The van der Waals surface area contributed by atoms with E-state index >= 15 is 0 Å². The van der Waals surface area contributed by atoms with Gasteiger partial charge in [0.05, 0.1) is 11.8 Å². The number of nitrogens with two attached hydrogens (primary N) is 1. The molecule has 0 aromatic carbocycles. The van der Waals surface area contributed by atoms with E-state index < -0.39 is 0 Å². The molecule has 0 bridgehead atoms. The topological polar surface area (TPSA) is 77.8 Å². The Bertz CT molecular complexity index is 554. The summed E-state index contributed by atoms with van der Waals surface area (Å²) in [7, 11) is 0. The summed E-state index contributed by atoms with van der Waals surface area (Å²) in [5.74, 6) is 1.34. The van der Waals surface area contributed by atoms with E-state index in [1.807, 2.05) is 18.2 Å². The van der Waals surface area contributed by atoms with E-state index in [1.165, 1.54) is 0 Å². The van der Waals surface area contributed by atoms with Crippen molar-refractivity contribution in [1.29, 1.82) is 0 Å². The normalized spacial score (nSPS) is 26.7. The Balaban J connectivity index is 1.80. The van der Waals surface area contributed by atoms with Crippen molar-refractivity contribution in [2.75, 3.05) is 0 Å². The summed E-state index contributed by atoms with van der Waals surface area (Å²) in [5.41, 5.74) is 6.94. The minimum atomic E-state index is -0.171. The van der Waals surface area contributed by atoms with Gasteiger partial charge in [0.15, 0.2) is 5.82 Å². The van der Waals surface area contributed by atoms with Gasteiger partial charge in [0.1, 0.15) is 0 Å². The van der Waals surface area contributed by atoms with Gasteiger partial charge < -0.3 is 10.3 Å². The second-order valence-corrected chi connectivity index (χ2v) is 5.43. The van der Waals surface area contributed by atoms with Crippen molar-refractivity contribution in [3.05, 3.63) is 41.8 Å². The van der Waals surface area contributed by atoms with Crippen LogP contribution in [0.25, 0.3) is 0 Å². The lowest BCUT2D eigenvalue weighted by Crippen LogP contribution is -2.38. The summed E-state index contributed by atoms with van der Waals surface area (Å²) in [5, 5.41) is 4.05. The molecular formula is C14H18N4O. The summed E-state index contributed by atoms with van der Waals surface area (Å²) >= 11 is 0. The minimum Gasteiger partial charge on any atom is -0.339 e. The number of hydrogen-bond donors (Lipinski definition) is 1. The zero-order valence-electron chi connectivity index (χ0n) is 11.0. The van der Waals surface area contributed by atoms with Crippen molar-refractivity contribution in [3.63, 3.8) is 0 Å². The SMILES string of the molecule is CC1(c2nc(Cc3ccccn3)no2)CCCC1N. The number of rotatable bonds is 3. The number of nitrogens with zero attached hydrogens (tertiary/aromatic N) is 3. The standard InChI is InChI=1S/C14H18N4O/c1-14(7-4-6-11(14)15)13-17-12(18-19-13)9-10-5-2-3-8-16-10/h2-3,5,8,11H,4,6-7,9,15H2,1H3. The van der Waals surface area contributed by atoms with Gasteiger partial charge >= 0.3 is 0 Å². The molecule has 2 heterocycles. The molecule has 1 aliphatic carbocycles. The van der Waals surface area contributed by atoms with Gasteiger partial charge in [0.25, 0.3) is 0 Å². The highest BCUT2D eigenvalue weighted by Gasteiger charge is 2.42. The zero-order valence-corrected chi connectivity index (χ0v) is 11.0. The smallest absolute Gasteiger partial charge is 0.234 e. The van der Waals surface area contributed by atoms with Crippen LogP contribution in [0.2, 0.25) is 0 Å². The van der Waals surface area contributed by atoms with Crippen LogP contribution in [0.15, 0.2) is 28.9 Å². The third-order valence-corrected chi connectivity index (χ3v) is 4.05. The average Bonchev–Trinajstić information content (AvgIpc) is 3.00. The van der Waals surface area contributed by atoms with Gasteiger partial charge in [-0.3, -0.25) is 4.98 Å². The maximum Gasteiger partial charge on any atom is 0.234 e. The van der Waals surface area contributed by atoms with E-state index in [0.717, 1.165) is 25.0 Å². The fourth-order valence-corrected chi connectivity index (χ4v) is 2.68. The van der Waals surface area contributed by atoms with Crippen molar-refractivity contribution in [1.82, 2.24) is 15.1 Å². The number of aromatic nitrogens is 3. The fourth-order valence-electron chi connectivity index (χ4n) is 2.68. The van der Waals surface area contributed by atoms with Gasteiger partial charge in [0, 0.05) is 17.9 Å². The van der Waals surface area contributed by atoms with Crippen LogP contribution in [0.5, 0.6) is 0 Å². The summed E-state index contributed by atoms with van der Waals surface area (Å²) < 4.78 is 5.43. The molecular weight excluding hydrogens is 240 g/mol. The summed E-state index contributed by atoms with van der Waals surface area (Å²) in [4.78, 5) is 8.78. The van der Waals surface area contributed by atoms with E-state index in [2.05, 4.69) is 22.0 Å². The predicted molar refractivity (Wildman–Crippen MR) is 70.5 cm³/mol. The van der Waals surface area contributed by atoms with Gasteiger partial charge in [-0.25, -0.2) is 0 Å². The molecule has 1 saturated carbocycles. The molecule has 1 aliphatic rings. The Kier molecular flexibility index (Phi) is 3.06. The summed E-state index contributed by atoms with van der Waals surface area (Å²) in [6.07, 6.45) is 5.52. The van der Waals surface area contributed by atoms with Crippen molar-refractivity contribution >= 4 is 0 Å². The monoisotopic (exact) mass is 258 g/mol. The van der Waals surface area contributed by atoms with Crippen LogP contribution in [-0.2, 0) is 11.8 Å². The molecule has 100 valence electrons. The molecule has 2 atom stereocenters. The van der Waals surface area contributed by atoms with Gasteiger partial charge in [-0.1, -0.05) is 17.6 Å². The van der Waals surface area contributed by atoms with Gasteiger partial charge in [-0.15, -0.1) is 0 Å². The van der Waals surface area contributed by atoms with E-state index in [0.29, 0.717) is 18.1 Å². The van der Waals surface area contributed by atoms with Gasteiger partial charge in [-0.2, -0.15) is 4.98 Å². The zero-order chi connectivity index (χ0) is 13.3. The molecule has 19 heavy (non-hydrogen) atoms. The molecule has 3 rings (SSSR count). The van der Waals surface area contributed by atoms with Crippen LogP contribution in [0.4, 0.5) is 0 Å². The summed E-state index contributed by atoms with van der Waals surface area (Å²) in [6, 6.07) is 5.91. The molecule has 2 aromatic heterocycles.